The number of nitrogens with zero attached hydrogens (tertiary/aromatic N) is 5. The Morgan fingerprint density at radius 3 is 2.38 bits per heavy atom. The average Bonchev–Trinajstić information content (AvgIpc) is 3.71. The van der Waals surface area contributed by atoms with Crippen LogP contribution in [-0.4, -0.2) is 55.0 Å². The minimum Gasteiger partial charge on any atom is -0.494 e. The molecule has 274 valence electrons. The number of halogens is 2. The van der Waals surface area contributed by atoms with Crippen LogP contribution in [0.3, 0.4) is 0 Å². The van der Waals surface area contributed by atoms with Gasteiger partial charge >= 0.3 is 5.97 Å². The highest BCUT2D eigenvalue weighted by atomic mass is 35.5. The number of carboxylic acid groups (broad SMARTS) is 1. The SMILES string of the molecule is Cc1cc(OCCCc2c3n(c4c(-c5c(C)nn(C)c5C)c(Cl)ccc24)[C@H](C)CN(c2cn(CC(N)=O)c4ccc(C(=O)O)cc24)C3=O)cc(C)c1Cl. The molecule has 1 atom stereocenters. The summed E-state index contributed by atoms with van der Waals surface area (Å²) in [6.45, 7) is 10.5. The molecule has 1 aliphatic rings. The van der Waals surface area contributed by atoms with E-state index < -0.39 is 11.9 Å². The molecule has 11 nitrogen and oxygen atoms in total. The van der Waals surface area contributed by atoms with Crippen molar-refractivity contribution in [1.82, 2.24) is 18.9 Å². The number of nitrogens with two attached hydrogens (primary N) is 1. The van der Waals surface area contributed by atoms with Crippen molar-refractivity contribution < 1.29 is 24.2 Å². The van der Waals surface area contributed by atoms with Crippen molar-refractivity contribution in [3.05, 3.63) is 98.0 Å². The Kier molecular flexibility index (Phi) is 9.28. The molecule has 7 rings (SSSR count). The van der Waals surface area contributed by atoms with Crippen LogP contribution in [0.1, 0.15) is 68.3 Å². The van der Waals surface area contributed by atoms with Crippen molar-refractivity contribution >= 4 is 68.5 Å². The van der Waals surface area contributed by atoms with Gasteiger partial charge in [0.25, 0.3) is 5.91 Å². The smallest absolute Gasteiger partial charge is 0.335 e. The Labute approximate surface area is 316 Å². The molecule has 6 aromatic rings. The van der Waals surface area contributed by atoms with Crippen LogP contribution < -0.4 is 15.4 Å². The Morgan fingerprint density at radius 1 is 1.02 bits per heavy atom. The van der Waals surface area contributed by atoms with E-state index in [-0.39, 0.29) is 30.6 Å². The molecule has 2 amide bonds. The third kappa shape index (κ3) is 6.11. The number of primary amides is 1. The summed E-state index contributed by atoms with van der Waals surface area (Å²) in [5.74, 6) is -1.18. The summed E-state index contributed by atoms with van der Waals surface area (Å²) in [6, 6.07) is 12.1. The van der Waals surface area contributed by atoms with Gasteiger partial charge in [-0.3, -0.25) is 14.3 Å². The number of anilines is 1. The molecule has 0 spiro atoms. The molecule has 4 heterocycles. The van der Waals surface area contributed by atoms with Crippen LogP contribution in [0.4, 0.5) is 5.69 Å². The number of benzene rings is 3. The lowest BCUT2D eigenvalue weighted by atomic mass is 9.98. The van der Waals surface area contributed by atoms with Crippen LogP contribution in [0.25, 0.3) is 32.9 Å². The molecular formula is C40H40Cl2N6O5. The second-order valence-corrected chi connectivity index (χ2v) is 14.7. The van der Waals surface area contributed by atoms with Crippen LogP contribution in [0.15, 0.2) is 48.7 Å². The number of aromatic nitrogens is 4. The van der Waals surface area contributed by atoms with Crippen LogP contribution in [-0.2, 0) is 24.8 Å². The van der Waals surface area contributed by atoms with Crippen LogP contribution in [0, 0.1) is 27.7 Å². The fourth-order valence-electron chi connectivity index (χ4n) is 7.86. The molecule has 3 aromatic heterocycles. The van der Waals surface area contributed by atoms with E-state index in [1.165, 1.54) is 12.1 Å². The number of carbonyl (C=O) groups excluding carboxylic acids is 2. The Balaban J connectivity index is 1.39. The summed E-state index contributed by atoms with van der Waals surface area (Å²) in [4.78, 5) is 40.9. The van der Waals surface area contributed by atoms with Gasteiger partial charge in [-0.1, -0.05) is 29.3 Å². The normalized spacial score (nSPS) is 14.4. The molecule has 0 fully saturated rings. The number of rotatable bonds is 10. The third-order valence-corrected chi connectivity index (χ3v) is 11.2. The van der Waals surface area contributed by atoms with Crippen LogP contribution in [0.2, 0.25) is 10.0 Å². The van der Waals surface area contributed by atoms with E-state index in [4.69, 9.17) is 33.7 Å². The van der Waals surface area contributed by atoms with Gasteiger partial charge in [-0.2, -0.15) is 5.10 Å². The largest absolute Gasteiger partial charge is 0.494 e. The quantitative estimate of drug-likeness (QED) is 0.136. The van der Waals surface area contributed by atoms with E-state index in [1.807, 2.05) is 63.7 Å². The maximum absolute atomic E-state index is 15.1. The molecule has 1 aliphatic heterocycles. The van der Waals surface area contributed by atoms with Gasteiger partial charge in [0.2, 0.25) is 5.91 Å². The number of amides is 2. The number of aromatic carboxylic acids is 1. The fraction of sp³-hybridized carbons (Fsp3) is 0.300. The molecule has 3 aromatic carbocycles. The number of hydrogen-bond donors (Lipinski definition) is 2. The number of hydrogen-bond acceptors (Lipinski definition) is 5. The van der Waals surface area contributed by atoms with E-state index >= 15 is 4.79 Å². The first-order valence-corrected chi connectivity index (χ1v) is 18.1. The van der Waals surface area contributed by atoms with Crippen molar-refractivity contribution in [2.75, 3.05) is 18.1 Å². The van der Waals surface area contributed by atoms with Crippen LogP contribution in [0.5, 0.6) is 5.75 Å². The van der Waals surface area contributed by atoms with Gasteiger partial charge < -0.3 is 29.6 Å². The summed E-state index contributed by atoms with van der Waals surface area (Å²) in [5.41, 5.74) is 14.4. The first kappa shape index (κ1) is 36.1. The molecule has 0 aliphatic carbocycles. The average molecular weight is 756 g/mol. The zero-order chi connectivity index (χ0) is 38.0. The molecular weight excluding hydrogens is 715 g/mol. The minimum atomic E-state index is -1.10. The van der Waals surface area contributed by atoms with Crippen molar-refractivity contribution in [2.24, 2.45) is 12.8 Å². The maximum Gasteiger partial charge on any atom is 0.335 e. The zero-order valence-electron chi connectivity index (χ0n) is 30.4. The summed E-state index contributed by atoms with van der Waals surface area (Å²) in [5, 5.41) is 17.2. The van der Waals surface area contributed by atoms with Gasteiger partial charge in [-0.15, -0.1) is 0 Å². The fourth-order valence-corrected chi connectivity index (χ4v) is 8.22. The summed E-state index contributed by atoms with van der Waals surface area (Å²) in [6.07, 6.45) is 2.84. The number of carboxylic acids is 1. The van der Waals surface area contributed by atoms with Crippen molar-refractivity contribution in [3.8, 4) is 16.9 Å². The predicted octanol–water partition coefficient (Wildman–Crippen LogP) is 7.95. The molecule has 53 heavy (non-hydrogen) atoms. The number of carbonyl (C=O) groups is 3. The number of aryl methyl sites for hydroxylation is 5. The Hall–Kier alpha value is -5.26. The standard InChI is InChI=1S/C40H40Cl2N6O5/c1-20-14-26(15-21(2)36(20)42)53-13-7-8-27-28-10-11-30(41)35(34-23(4)44-45(6)24(34)5)37(28)48-22(3)17-47(39(50)38(27)48)32-18-46(19-33(43)49)31-12-9-25(40(51)52)16-29(31)32/h9-12,14-16,18,22H,7-8,13,17,19H2,1-6H3,(H2,43,49)(H,51,52)/t22-/m1/s1. The predicted molar refractivity (Wildman–Crippen MR) is 208 cm³/mol. The van der Waals surface area contributed by atoms with Gasteiger partial charge in [0.15, 0.2) is 0 Å². The van der Waals surface area contributed by atoms with Gasteiger partial charge in [0, 0.05) is 58.4 Å². The van der Waals surface area contributed by atoms with E-state index in [2.05, 4.69) is 16.6 Å². The van der Waals surface area contributed by atoms with Crippen molar-refractivity contribution in [3.63, 3.8) is 0 Å². The first-order valence-electron chi connectivity index (χ1n) is 17.4. The summed E-state index contributed by atoms with van der Waals surface area (Å²) >= 11 is 13.5. The lowest BCUT2D eigenvalue weighted by molar-refractivity contribution is -0.118. The second kappa shape index (κ2) is 13.6. The molecule has 0 saturated carbocycles. The first-order chi connectivity index (χ1) is 25.2. The number of ether oxygens (including phenoxy) is 1. The van der Waals surface area contributed by atoms with Gasteiger partial charge in [0.1, 0.15) is 18.0 Å². The third-order valence-electron chi connectivity index (χ3n) is 10.3. The van der Waals surface area contributed by atoms with Crippen molar-refractivity contribution in [2.45, 2.75) is 60.0 Å². The zero-order valence-corrected chi connectivity index (χ0v) is 31.9. The molecule has 13 heteroatoms. The van der Waals surface area contributed by atoms with E-state index in [0.717, 1.165) is 55.9 Å². The highest BCUT2D eigenvalue weighted by Crippen LogP contribution is 2.46. The van der Waals surface area contributed by atoms with Crippen LogP contribution >= 0.6 is 23.2 Å². The number of fused-ring (bicyclic) bond motifs is 4. The highest BCUT2D eigenvalue weighted by Gasteiger charge is 2.38. The molecule has 0 unspecified atom stereocenters. The van der Waals surface area contributed by atoms with Gasteiger partial charge in [-0.25, -0.2) is 4.79 Å². The second-order valence-electron chi connectivity index (χ2n) is 13.9. The maximum atomic E-state index is 15.1. The lowest BCUT2D eigenvalue weighted by Gasteiger charge is -2.34. The molecule has 0 radical (unpaired) electrons. The minimum absolute atomic E-state index is 0.0652. The monoisotopic (exact) mass is 754 g/mol. The van der Waals surface area contributed by atoms with Crippen molar-refractivity contribution in [1.29, 1.82) is 0 Å². The van der Waals surface area contributed by atoms with E-state index in [9.17, 15) is 14.7 Å². The summed E-state index contributed by atoms with van der Waals surface area (Å²) in [7, 11) is 1.90. The Bertz CT molecular complexity index is 2490. The van der Waals surface area contributed by atoms with E-state index in [0.29, 0.717) is 51.8 Å². The molecule has 0 saturated heterocycles. The Morgan fingerprint density at radius 2 is 1.74 bits per heavy atom. The highest BCUT2D eigenvalue weighted by molar-refractivity contribution is 6.35. The molecule has 3 N–H and O–H groups in total. The lowest BCUT2D eigenvalue weighted by Crippen LogP contribution is -2.42. The van der Waals surface area contributed by atoms with E-state index in [1.54, 1.807) is 21.7 Å². The summed E-state index contributed by atoms with van der Waals surface area (Å²) < 4.78 is 11.8. The van der Waals surface area contributed by atoms with Gasteiger partial charge in [-0.05, 0) is 101 Å². The molecule has 0 bridgehead atoms. The topological polar surface area (TPSA) is 138 Å². The van der Waals surface area contributed by atoms with Gasteiger partial charge in [0.05, 0.1) is 39.6 Å².